The summed E-state index contributed by atoms with van der Waals surface area (Å²) in [7, 11) is 0. The van der Waals surface area contributed by atoms with Gasteiger partial charge in [-0.3, -0.25) is 4.79 Å². The molecule has 1 aromatic rings. The van der Waals surface area contributed by atoms with Gasteiger partial charge in [-0.2, -0.15) is 0 Å². The van der Waals surface area contributed by atoms with Crippen LogP contribution in [0.2, 0.25) is 5.02 Å². The Balaban J connectivity index is 2.76. The van der Waals surface area contributed by atoms with E-state index in [9.17, 15) is 9.90 Å². The minimum Gasteiger partial charge on any atom is -0.507 e. The summed E-state index contributed by atoms with van der Waals surface area (Å²) >= 11 is 6.01. The maximum absolute atomic E-state index is 11.3. The van der Waals surface area contributed by atoms with E-state index < -0.39 is 0 Å². The molecular formula is C10H9ClO2. The smallest absolute Gasteiger partial charge is 0.167 e. The molecule has 0 amide bonds. The SMILES string of the molecule is Cc1cc(O)c2c(c1Cl)CCC2=O. The molecule has 0 saturated heterocycles. The first-order chi connectivity index (χ1) is 6.11. The largest absolute Gasteiger partial charge is 0.507 e. The Morgan fingerprint density at radius 2 is 2.15 bits per heavy atom. The highest BCUT2D eigenvalue weighted by Crippen LogP contribution is 2.37. The van der Waals surface area contributed by atoms with Gasteiger partial charge in [-0.25, -0.2) is 0 Å². The summed E-state index contributed by atoms with van der Waals surface area (Å²) in [5.41, 5.74) is 2.06. The monoisotopic (exact) mass is 196 g/mol. The first-order valence-electron chi connectivity index (χ1n) is 4.15. The van der Waals surface area contributed by atoms with Gasteiger partial charge in [-0.1, -0.05) is 11.6 Å². The number of hydrogen-bond acceptors (Lipinski definition) is 2. The first-order valence-corrected chi connectivity index (χ1v) is 4.53. The zero-order valence-electron chi connectivity index (χ0n) is 7.22. The predicted octanol–water partition coefficient (Wildman–Crippen LogP) is 2.48. The highest BCUT2D eigenvalue weighted by atomic mass is 35.5. The van der Waals surface area contributed by atoms with Crippen LogP contribution >= 0.6 is 11.6 Å². The van der Waals surface area contributed by atoms with Gasteiger partial charge in [-0.15, -0.1) is 0 Å². The second-order valence-corrected chi connectivity index (χ2v) is 3.68. The normalized spacial score (nSPS) is 14.8. The molecule has 0 aliphatic heterocycles. The van der Waals surface area contributed by atoms with Gasteiger partial charge in [0.2, 0.25) is 0 Å². The summed E-state index contributed by atoms with van der Waals surface area (Å²) in [6.07, 6.45) is 1.12. The number of rotatable bonds is 0. The van der Waals surface area contributed by atoms with E-state index in [4.69, 9.17) is 11.6 Å². The topological polar surface area (TPSA) is 37.3 Å². The van der Waals surface area contributed by atoms with Crippen molar-refractivity contribution in [1.82, 2.24) is 0 Å². The Kier molecular flexibility index (Phi) is 1.81. The van der Waals surface area contributed by atoms with Crippen LogP contribution < -0.4 is 0 Å². The summed E-state index contributed by atoms with van der Waals surface area (Å²) in [6, 6.07) is 1.55. The number of benzene rings is 1. The van der Waals surface area contributed by atoms with E-state index in [0.29, 0.717) is 23.4 Å². The lowest BCUT2D eigenvalue weighted by Crippen LogP contribution is -1.93. The van der Waals surface area contributed by atoms with Crippen LogP contribution in [0.3, 0.4) is 0 Å². The molecule has 0 heterocycles. The average molecular weight is 197 g/mol. The number of Topliss-reactive ketones (excluding diaryl/α,β-unsaturated/α-hetero) is 1. The molecule has 0 aromatic heterocycles. The van der Waals surface area contributed by atoms with E-state index in [2.05, 4.69) is 0 Å². The van der Waals surface area contributed by atoms with Crippen LogP contribution in [-0.2, 0) is 6.42 Å². The van der Waals surface area contributed by atoms with E-state index >= 15 is 0 Å². The van der Waals surface area contributed by atoms with Crippen LogP contribution in [0.15, 0.2) is 6.07 Å². The summed E-state index contributed by atoms with van der Waals surface area (Å²) in [4.78, 5) is 11.3. The van der Waals surface area contributed by atoms with Crippen molar-refractivity contribution < 1.29 is 9.90 Å². The second-order valence-electron chi connectivity index (χ2n) is 3.30. The summed E-state index contributed by atoms with van der Waals surface area (Å²) < 4.78 is 0. The number of ketones is 1. The molecule has 13 heavy (non-hydrogen) atoms. The van der Waals surface area contributed by atoms with Crippen molar-refractivity contribution in [2.24, 2.45) is 0 Å². The van der Waals surface area contributed by atoms with Gasteiger partial charge in [0, 0.05) is 11.4 Å². The number of aryl methyl sites for hydroxylation is 1. The molecule has 2 nitrogen and oxygen atoms in total. The van der Waals surface area contributed by atoms with Gasteiger partial charge in [0.05, 0.1) is 5.56 Å². The molecule has 0 bridgehead atoms. The summed E-state index contributed by atoms with van der Waals surface area (Å²) in [5, 5.41) is 10.2. The van der Waals surface area contributed by atoms with E-state index in [1.54, 1.807) is 6.07 Å². The van der Waals surface area contributed by atoms with E-state index in [1.807, 2.05) is 6.92 Å². The van der Waals surface area contributed by atoms with Crippen LogP contribution in [0.5, 0.6) is 5.75 Å². The fourth-order valence-corrected chi connectivity index (χ4v) is 2.00. The number of carbonyl (C=O) groups is 1. The van der Waals surface area contributed by atoms with Gasteiger partial charge in [-0.05, 0) is 30.5 Å². The zero-order chi connectivity index (χ0) is 9.59. The Morgan fingerprint density at radius 3 is 2.85 bits per heavy atom. The number of fused-ring (bicyclic) bond motifs is 1. The summed E-state index contributed by atoms with van der Waals surface area (Å²) in [5.74, 6) is 0.0637. The van der Waals surface area contributed by atoms with E-state index in [-0.39, 0.29) is 11.5 Å². The fraction of sp³-hybridized carbons (Fsp3) is 0.300. The third kappa shape index (κ3) is 1.13. The lowest BCUT2D eigenvalue weighted by molar-refractivity contribution is 0.0992. The van der Waals surface area contributed by atoms with Gasteiger partial charge >= 0.3 is 0 Å². The Hall–Kier alpha value is -1.02. The number of phenolic OH excluding ortho intramolecular Hbond substituents is 1. The van der Waals surface area contributed by atoms with Crippen molar-refractivity contribution in [1.29, 1.82) is 0 Å². The van der Waals surface area contributed by atoms with Crippen LogP contribution in [0.4, 0.5) is 0 Å². The van der Waals surface area contributed by atoms with Crippen molar-refractivity contribution in [2.75, 3.05) is 0 Å². The third-order valence-corrected chi connectivity index (χ3v) is 2.93. The van der Waals surface area contributed by atoms with Crippen LogP contribution in [0, 0.1) is 6.92 Å². The van der Waals surface area contributed by atoms with Crippen LogP contribution in [0.25, 0.3) is 0 Å². The number of carbonyl (C=O) groups excluding carboxylic acids is 1. The highest BCUT2D eigenvalue weighted by molar-refractivity contribution is 6.33. The molecule has 2 rings (SSSR count). The maximum Gasteiger partial charge on any atom is 0.167 e. The van der Waals surface area contributed by atoms with Crippen LogP contribution in [-0.4, -0.2) is 10.9 Å². The molecule has 1 aliphatic carbocycles. The molecule has 68 valence electrons. The van der Waals surface area contributed by atoms with Crippen LogP contribution in [0.1, 0.15) is 27.9 Å². The Bertz CT molecular complexity index is 396. The molecule has 0 unspecified atom stereocenters. The van der Waals surface area contributed by atoms with Crippen molar-refractivity contribution in [3.05, 3.63) is 27.8 Å². The van der Waals surface area contributed by atoms with E-state index in [0.717, 1.165) is 11.1 Å². The molecule has 1 aromatic carbocycles. The quantitative estimate of drug-likeness (QED) is 0.692. The highest BCUT2D eigenvalue weighted by Gasteiger charge is 2.26. The molecule has 1 N–H and O–H groups in total. The van der Waals surface area contributed by atoms with Crippen molar-refractivity contribution >= 4 is 17.4 Å². The minimum atomic E-state index is -0.00519. The number of halogens is 1. The average Bonchev–Trinajstić information content (AvgIpc) is 2.44. The number of hydrogen-bond donors (Lipinski definition) is 1. The van der Waals surface area contributed by atoms with Crippen molar-refractivity contribution in [3.8, 4) is 5.75 Å². The lowest BCUT2D eigenvalue weighted by Gasteiger charge is -2.06. The fourth-order valence-electron chi connectivity index (χ4n) is 1.75. The Morgan fingerprint density at radius 1 is 1.46 bits per heavy atom. The molecule has 3 heteroatoms. The summed E-state index contributed by atoms with van der Waals surface area (Å²) in [6.45, 7) is 1.82. The molecule has 0 saturated carbocycles. The van der Waals surface area contributed by atoms with Crippen molar-refractivity contribution in [2.45, 2.75) is 19.8 Å². The number of aromatic hydroxyl groups is 1. The maximum atomic E-state index is 11.3. The molecule has 1 aliphatic rings. The molecule has 0 fully saturated rings. The molecule has 0 radical (unpaired) electrons. The molecule has 0 atom stereocenters. The zero-order valence-corrected chi connectivity index (χ0v) is 7.98. The standard InChI is InChI=1S/C10H9ClO2/c1-5-4-8(13)9-6(10(5)11)2-3-7(9)12/h4,13H,2-3H2,1H3. The molecule has 0 spiro atoms. The van der Waals surface area contributed by atoms with Gasteiger partial charge < -0.3 is 5.11 Å². The lowest BCUT2D eigenvalue weighted by atomic mass is 10.1. The number of phenols is 1. The van der Waals surface area contributed by atoms with Gasteiger partial charge in [0.1, 0.15) is 5.75 Å². The third-order valence-electron chi connectivity index (χ3n) is 2.40. The molecular weight excluding hydrogens is 188 g/mol. The van der Waals surface area contributed by atoms with Crippen molar-refractivity contribution in [3.63, 3.8) is 0 Å². The van der Waals surface area contributed by atoms with Gasteiger partial charge in [0.25, 0.3) is 0 Å². The predicted molar refractivity (Wildman–Crippen MR) is 50.5 cm³/mol. The van der Waals surface area contributed by atoms with E-state index in [1.165, 1.54) is 0 Å². The minimum absolute atomic E-state index is 0.00519. The Labute approximate surface area is 81.1 Å². The second kappa shape index (κ2) is 2.74. The first kappa shape index (κ1) is 8.57. The van der Waals surface area contributed by atoms with Gasteiger partial charge in [0.15, 0.2) is 5.78 Å².